The lowest BCUT2D eigenvalue weighted by Crippen LogP contribution is -2.33. The van der Waals surface area contributed by atoms with Gasteiger partial charge in [-0.25, -0.2) is 4.79 Å². The van der Waals surface area contributed by atoms with Crippen molar-refractivity contribution >= 4 is 5.97 Å². The number of esters is 1. The molecule has 3 nitrogen and oxygen atoms in total. The lowest BCUT2D eigenvalue weighted by atomic mass is 10.3. The monoisotopic (exact) mass is 185 g/mol. The summed E-state index contributed by atoms with van der Waals surface area (Å²) in [7, 11) is 0. The Morgan fingerprint density at radius 2 is 2.15 bits per heavy atom. The molecule has 0 aromatic heterocycles. The number of nitrogens with one attached hydrogen (secondary N) is 1. The van der Waals surface area contributed by atoms with Crippen LogP contribution in [0, 0.1) is 0 Å². The van der Waals surface area contributed by atoms with Crippen molar-refractivity contribution in [2.75, 3.05) is 6.54 Å². The predicted molar refractivity (Wildman–Crippen MR) is 53.3 cm³/mol. The first-order valence-corrected chi connectivity index (χ1v) is 4.71. The van der Waals surface area contributed by atoms with Crippen LogP contribution in [0.25, 0.3) is 0 Å². The number of carbonyl (C=O) groups excluding carboxylic acids is 1. The van der Waals surface area contributed by atoms with Gasteiger partial charge < -0.3 is 4.74 Å². The summed E-state index contributed by atoms with van der Waals surface area (Å²) in [4.78, 5) is 11.1. The molecule has 13 heavy (non-hydrogen) atoms. The molecule has 0 spiro atoms. The molecule has 1 atom stereocenters. The molecule has 76 valence electrons. The van der Waals surface area contributed by atoms with E-state index in [1.54, 1.807) is 6.92 Å². The molecular weight excluding hydrogens is 166 g/mol. The van der Waals surface area contributed by atoms with E-state index in [1.165, 1.54) is 0 Å². The highest BCUT2D eigenvalue weighted by atomic mass is 16.6. The molecule has 0 saturated carbocycles. The second kappa shape index (κ2) is 6.66. The fourth-order valence-electron chi connectivity index (χ4n) is 0.804. The van der Waals surface area contributed by atoms with E-state index >= 15 is 0 Å². The van der Waals surface area contributed by atoms with Gasteiger partial charge in [-0.05, 0) is 26.3 Å². The molecule has 1 N–H and O–H groups in total. The highest BCUT2D eigenvalue weighted by Crippen LogP contribution is 1.99. The molecule has 0 heterocycles. The largest absolute Gasteiger partial charge is 0.443 e. The molecule has 0 aliphatic rings. The summed E-state index contributed by atoms with van der Waals surface area (Å²) in [5, 5.41) is 3.12. The lowest BCUT2D eigenvalue weighted by molar-refractivity contribution is -0.145. The molecule has 3 heteroatoms. The summed E-state index contributed by atoms with van der Waals surface area (Å²) in [6.45, 7) is 10.1. The van der Waals surface area contributed by atoms with Crippen molar-refractivity contribution in [2.24, 2.45) is 0 Å². The molecule has 0 radical (unpaired) electrons. The zero-order chi connectivity index (χ0) is 10.3. The van der Waals surface area contributed by atoms with Crippen molar-refractivity contribution in [2.45, 2.75) is 39.8 Å². The Bertz CT molecular complexity index is 178. The van der Waals surface area contributed by atoms with Gasteiger partial charge in [-0.15, -0.1) is 0 Å². The van der Waals surface area contributed by atoms with E-state index in [2.05, 4.69) is 18.8 Å². The van der Waals surface area contributed by atoms with Crippen LogP contribution in [0.1, 0.15) is 33.6 Å². The third-order valence-corrected chi connectivity index (χ3v) is 1.59. The fourth-order valence-corrected chi connectivity index (χ4v) is 0.804. The molecule has 0 fully saturated rings. The van der Waals surface area contributed by atoms with Crippen molar-refractivity contribution in [1.29, 1.82) is 0 Å². The summed E-state index contributed by atoms with van der Waals surface area (Å²) in [6.07, 6.45) is 1.63. The van der Waals surface area contributed by atoms with Gasteiger partial charge in [0.05, 0.1) is 0 Å². The minimum atomic E-state index is -0.324. The number of hydrogen-bond acceptors (Lipinski definition) is 3. The van der Waals surface area contributed by atoms with E-state index in [0.29, 0.717) is 5.57 Å². The van der Waals surface area contributed by atoms with E-state index in [1.807, 2.05) is 6.92 Å². The Kier molecular flexibility index (Phi) is 6.24. The quantitative estimate of drug-likeness (QED) is 0.390. The van der Waals surface area contributed by atoms with Crippen LogP contribution in [-0.4, -0.2) is 18.7 Å². The molecule has 0 aliphatic heterocycles. The average Bonchev–Trinajstić information content (AvgIpc) is 2.11. The Labute approximate surface area is 80.2 Å². The molecule has 0 aromatic carbocycles. The smallest absolute Gasteiger partial charge is 0.334 e. The predicted octanol–water partition coefficient (Wildman–Crippen LogP) is 1.84. The van der Waals surface area contributed by atoms with Gasteiger partial charge >= 0.3 is 5.97 Å². The van der Waals surface area contributed by atoms with Crippen molar-refractivity contribution in [3.05, 3.63) is 12.2 Å². The molecule has 0 rings (SSSR count). The van der Waals surface area contributed by atoms with Crippen molar-refractivity contribution in [3.8, 4) is 0 Å². The highest BCUT2D eigenvalue weighted by molar-refractivity contribution is 5.87. The van der Waals surface area contributed by atoms with Gasteiger partial charge in [0.2, 0.25) is 0 Å². The second-order valence-corrected chi connectivity index (χ2v) is 3.04. The topological polar surface area (TPSA) is 38.3 Å². The van der Waals surface area contributed by atoms with Crippen LogP contribution in [-0.2, 0) is 9.53 Å². The maximum atomic E-state index is 11.1. The van der Waals surface area contributed by atoms with E-state index in [9.17, 15) is 4.79 Å². The van der Waals surface area contributed by atoms with Gasteiger partial charge in [0.1, 0.15) is 0 Å². The van der Waals surface area contributed by atoms with E-state index < -0.39 is 0 Å². The summed E-state index contributed by atoms with van der Waals surface area (Å²) < 4.78 is 5.11. The van der Waals surface area contributed by atoms with Crippen molar-refractivity contribution in [3.63, 3.8) is 0 Å². The standard InChI is InChI=1S/C10H19NO2/c1-5-7-11-9(6-2)13-10(12)8(3)4/h9,11H,3,5-7H2,1-2,4H3. The van der Waals surface area contributed by atoms with Gasteiger partial charge in [-0.2, -0.15) is 0 Å². The lowest BCUT2D eigenvalue weighted by Gasteiger charge is -2.17. The van der Waals surface area contributed by atoms with Gasteiger partial charge in [-0.3, -0.25) is 5.32 Å². The number of ether oxygens (including phenoxy) is 1. The average molecular weight is 185 g/mol. The first-order valence-electron chi connectivity index (χ1n) is 4.71. The van der Waals surface area contributed by atoms with Crippen LogP contribution < -0.4 is 5.32 Å². The number of rotatable bonds is 6. The minimum Gasteiger partial charge on any atom is -0.443 e. The highest BCUT2D eigenvalue weighted by Gasteiger charge is 2.11. The van der Waals surface area contributed by atoms with E-state index in [0.717, 1.165) is 19.4 Å². The SMILES string of the molecule is C=C(C)C(=O)OC(CC)NCCC. The first-order chi connectivity index (χ1) is 6.11. The Balaban J connectivity index is 3.83. The number of hydrogen-bond donors (Lipinski definition) is 1. The third-order valence-electron chi connectivity index (χ3n) is 1.59. The van der Waals surface area contributed by atoms with Crippen molar-refractivity contribution < 1.29 is 9.53 Å². The first kappa shape index (κ1) is 12.2. The molecule has 1 unspecified atom stereocenters. The fraction of sp³-hybridized carbons (Fsp3) is 0.700. The zero-order valence-corrected chi connectivity index (χ0v) is 8.72. The molecule has 0 amide bonds. The third kappa shape index (κ3) is 5.42. The van der Waals surface area contributed by atoms with Crippen LogP contribution in [0.3, 0.4) is 0 Å². The molecule has 0 aromatic rings. The van der Waals surface area contributed by atoms with Crippen LogP contribution in [0.15, 0.2) is 12.2 Å². The van der Waals surface area contributed by atoms with Crippen LogP contribution in [0.5, 0.6) is 0 Å². The van der Waals surface area contributed by atoms with Crippen LogP contribution >= 0.6 is 0 Å². The van der Waals surface area contributed by atoms with Gasteiger partial charge in [-0.1, -0.05) is 20.4 Å². The maximum absolute atomic E-state index is 11.1. The van der Waals surface area contributed by atoms with E-state index in [4.69, 9.17) is 4.74 Å². The van der Waals surface area contributed by atoms with Gasteiger partial charge in [0.25, 0.3) is 0 Å². The van der Waals surface area contributed by atoms with Gasteiger partial charge in [0.15, 0.2) is 6.23 Å². The van der Waals surface area contributed by atoms with Crippen LogP contribution in [0.4, 0.5) is 0 Å². The maximum Gasteiger partial charge on any atom is 0.334 e. The van der Waals surface area contributed by atoms with Crippen LogP contribution in [0.2, 0.25) is 0 Å². The summed E-state index contributed by atoms with van der Waals surface area (Å²) in [5.41, 5.74) is 0.441. The Hall–Kier alpha value is -0.830. The second-order valence-electron chi connectivity index (χ2n) is 3.04. The van der Waals surface area contributed by atoms with Crippen molar-refractivity contribution in [1.82, 2.24) is 5.32 Å². The normalized spacial score (nSPS) is 12.2. The minimum absolute atomic E-state index is 0.177. The molecule has 0 aliphatic carbocycles. The number of carbonyl (C=O) groups is 1. The molecular formula is C10H19NO2. The summed E-state index contributed by atoms with van der Waals surface area (Å²) in [6, 6.07) is 0. The Morgan fingerprint density at radius 1 is 1.54 bits per heavy atom. The summed E-state index contributed by atoms with van der Waals surface area (Å²) in [5.74, 6) is -0.324. The van der Waals surface area contributed by atoms with E-state index in [-0.39, 0.29) is 12.2 Å². The van der Waals surface area contributed by atoms with Gasteiger partial charge in [0, 0.05) is 5.57 Å². The summed E-state index contributed by atoms with van der Waals surface area (Å²) >= 11 is 0. The zero-order valence-electron chi connectivity index (χ0n) is 8.72. The molecule has 0 saturated heterocycles. The molecule has 0 bridgehead atoms. The Morgan fingerprint density at radius 3 is 2.54 bits per heavy atom.